The Morgan fingerprint density at radius 3 is 2.25 bits per heavy atom. The number of rotatable bonds is 13. The number of anilines is 1. The number of carbonyl (C=O) groups is 1. The van der Waals surface area contributed by atoms with Crippen LogP contribution in [-0.4, -0.2) is 207 Å². The first kappa shape index (κ1) is 57.4. The van der Waals surface area contributed by atoms with E-state index in [-0.39, 0.29) is 31.3 Å². The number of benzene rings is 1. The molecule has 404 valence electrons. The Kier molecular flexibility index (Phi) is 19.6. The molecule has 1 aromatic carbocycles. The van der Waals surface area contributed by atoms with E-state index in [1.165, 1.54) is 19.7 Å². The number of esters is 1. The average molecular weight is 1010 g/mol. The molecule has 71 heavy (non-hydrogen) atoms. The van der Waals surface area contributed by atoms with Gasteiger partial charge in [-0.3, -0.25) is 4.79 Å². The second kappa shape index (κ2) is 24.2. The van der Waals surface area contributed by atoms with E-state index in [2.05, 4.69) is 44.4 Å². The Balaban J connectivity index is 1.24. The maximum absolute atomic E-state index is 14.5. The lowest BCUT2D eigenvalue weighted by atomic mass is 9.77. The van der Waals surface area contributed by atoms with Crippen molar-refractivity contribution in [2.75, 3.05) is 65.5 Å². The highest BCUT2D eigenvalue weighted by molar-refractivity contribution is 5.73. The molecule has 0 radical (unpaired) electrons. The average Bonchev–Trinajstić information content (AvgIpc) is 3.79. The van der Waals surface area contributed by atoms with Gasteiger partial charge in [-0.2, -0.15) is 0 Å². The van der Waals surface area contributed by atoms with Gasteiger partial charge in [0.1, 0.15) is 30.0 Å². The quantitative estimate of drug-likeness (QED) is 0.182. The lowest BCUT2D eigenvalue weighted by Crippen LogP contribution is -2.61. The van der Waals surface area contributed by atoms with E-state index < -0.39 is 102 Å². The number of ether oxygens (including phenoxy) is 7. The van der Waals surface area contributed by atoms with Gasteiger partial charge in [-0.05, 0) is 105 Å². The van der Waals surface area contributed by atoms with Gasteiger partial charge >= 0.3 is 5.97 Å². The van der Waals surface area contributed by atoms with Crippen LogP contribution in [0.1, 0.15) is 106 Å². The topological polar surface area (TPSA) is 223 Å². The molecule has 0 aliphatic carbocycles. The van der Waals surface area contributed by atoms with Crippen LogP contribution in [0, 0.1) is 17.8 Å². The van der Waals surface area contributed by atoms with E-state index in [9.17, 15) is 30.3 Å². The van der Waals surface area contributed by atoms with Crippen LogP contribution in [0.3, 0.4) is 0 Å². The molecular formula is C52H88N6O13. The highest BCUT2D eigenvalue weighted by Crippen LogP contribution is 2.40. The van der Waals surface area contributed by atoms with Crippen LogP contribution in [0.25, 0.3) is 0 Å². The summed E-state index contributed by atoms with van der Waals surface area (Å²) in [4.78, 5) is 20.8. The fourth-order valence-electron chi connectivity index (χ4n) is 11.5. The van der Waals surface area contributed by atoms with Gasteiger partial charge in [-0.1, -0.05) is 38.1 Å². The second-order valence-corrected chi connectivity index (χ2v) is 22.1. The number of morpholine rings is 1. The number of methoxy groups -OCH3 is 1. The molecule has 18 atom stereocenters. The van der Waals surface area contributed by atoms with Crippen molar-refractivity contribution >= 4 is 11.7 Å². The molecule has 0 amide bonds. The molecule has 5 heterocycles. The SMILES string of the molecule is CC[C@H]1OC(=O)[C@H](C)[C@@H](O[C@H]2C[C@@](C)(OC)[C@@H](O)[C@H](C)O2)[C@H](C)[C@@H](O[C@@H]2O[C@H](C)C[C@H](N(C)CCc3cn(Cc4ccc(N5CCOCC5)cc4)nn3)[C@H]2O)[C@](C)(O)C[C@@H](C)CN(C)[C@H](C)[C@@H](O)[C@]1(C)O. The molecule has 19 nitrogen and oxygen atoms in total. The van der Waals surface area contributed by atoms with Crippen LogP contribution < -0.4 is 4.90 Å². The van der Waals surface area contributed by atoms with Crippen molar-refractivity contribution < 1.29 is 63.5 Å². The Morgan fingerprint density at radius 2 is 1.61 bits per heavy atom. The smallest absolute Gasteiger partial charge is 0.311 e. The standard InChI is InChI=1S/C52H88N6O13/c1-14-41-52(10,64)45(60)35(6)56(12)28-31(2)26-50(8,63)47(33(4)44(34(5)48(62)69-41)70-42-27-51(9,65-13)46(61)36(7)68-42)71-49-43(59)40(25-32(3)67-49)55(11)20-19-38-30-58(54-53-38)29-37-15-17-39(18-16-37)57-21-23-66-24-22-57/h15-18,30-36,40-47,49,59-61,63-64H,14,19-29H2,1-13H3/t31-,32-,33+,34-,35-,36+,40+,41-,42+,43-,44+,45-,46+,47-,49+,50-,51-,52-/m1/s1. The van der Waals surface area contributed by atoms with Crippen molar-refractivity contribution in [3.8, 4) is 0 Å². The summed E-state index contributed by atoms with van der Waals surface area (Å²) in [5.41, 5.74) is -1.39. The Hall–Kier alpha value is -2.89. The molecule has 0 saturated carbocycles. The lowest BCUT2D eigenvalue weighted by molar-refractivity contribution is -0.318. The van der Waals surface area contributed by atoms with Crippen molar-refractivity contribution in [2.45, 2.75) is 198 Å². The molecule has 0 unspecified atom stereocenters. The summed E-state index contributed by atoms with van der Waals surface area (Å²) in [5, 5.41) is 68.6. The highest BCUT2D eigenvalue weighted by Gasteiger charge is 2.53. The minimum absolute atomic E-state index is 0.109. The zero-order valence-electron chi connectivity index (χ0n) is 44.7. The fraction of sp³-hybridized carbons (Fsp3) is 0.827. The van der Waals surface area contributed by atoms with Crippen LogP contribution in [0.4, 0.5) is 5.69 Å². The molecule has 4 aliphatic heterocycles. The third-order valence-corrected chi connectivity index (χ3v) is 16.1. The van der Waals surface area contributed by atoms with Crippen LogP contribution in [0.5, 0.6) is 0 Å². The largest absolute Gasteiger partial charge is 0.459 e. The molecule has 1 aromatic heterocycles. The molecule has 4 fully saturated rings. The zero-order valence-corrected chi connectivity index (χ0v) is 44.7. The summed E-state index contributed by atoms with van der Waals surface area (Å²) < 4.78 is 45.7. The normalized spacial score (nSPS) is 40.8. The Morgan fingerprint density at radius 1 is 0.930 bits per heavy atom. The van der Waals surface area contributed by atoms with E-state index in [0.29, 0.717) is 32.5 Å². The first-order valence-corrected chi connectivity index (χ1v) is 26.0. The minimum Gasteiger partial charge on any atom is -0.459 e. The van der Waals surface area contributed by atoms with Crippen LogP contribution in [0.2, 0.25) is 0 Å². The number of likely N-dealkylation sites (N-methyl/N-ethyl adjacent to an activating group) is 2. The number of aliphatic hydroxyl groups is 5. The molecular weight excluding hydrogens is 917 g/mol. The zero-order chi connectivity index (χ0) is 52.2. The summed E-state index contributed by atoms with van der Waals surface area (Å²) in [6, 6.07) is 7.54. The van der Waals surface area contributed by atoms with Gasteiger partial charge in [0.2, 0.25) is 0 Å². The first-order chi connectivity index (χ1) is 33.4. The Labute approximate surface area is 422 Å². The van der Waals surface area contributed by atoms with Crippen molar-refractivity contribution in [3.63, 3.8) is 0 Å². The van der Waals surface area contributed by atoms with Crippen LogP contribution in [-0.2, 0) is 50.9 Å². The molecule has 5 N–H and O–H groups in total. The summed E-state index contributed by atoms with van der Waals surface area (Å²) >= 11 is 0. The minimum atomic E-state index is -1.83. The van der Waals surface area contributed by atoms with Crippen molar-refractivity contribution in [1.82, 2.24) is 24.8 Å². The molecule has 6 rings (SSSR count). The highest BCUT2D eigenvalue weighted by atomic mass is 16.7. The number of aromatic nitrogens is 3. The van der Waals surface area contributed by atoms with Gasteiger partial charge in [-0.25, -0.2) is 4.68 Å². The predicted octanol–water partition coefficient (Wildman–Crippen LogP) is 2.99. The second-order valence-electron chi connectivity index (χ2n) is 22.1. The third kappa shape index (κ3) is 13.7. The van der Waals surface area contributed by atoms with Gasteiger partial charge in [0.25, 0.3) is 0 Å². The predicted molar refractivity (Wildman–Crippen MR) is 265 cm³/mol. The van der Waals surface area contributed by atoms with Gasteiger partial charge in [0.15, 0.2) is 12.6 Å². The molecule has 0 spiro atoms. The van der Waals surface area contributed by atoms with Crippen molar-refractivity contribution in [2.24, 2.45) is 17.8 Å². The molecule has 2 aromatic rings. The molecule has 4 saturated heterocycles. The van der Waals surface area contributed by atoms with E-state index in [0.717, 1.165) is 37.6 Å². The van der Waals surface area contributed by atoms with E-state index in [4.69, 9.17) is 33.2 Å². The number of carbonyl (C=O) groups excluding carboxylic acids is 1. The summed E-state index contributed by atoms with van der Waals surface area (Å²) in [5.74, 6) is -2.74. The van der Waals surface area contributed by atoms with Gasteiger partial charge in [0, 0.05) is 76.0 Å². The lowest BCUT2D eigenvalue weighted by Gasteiger charge is -2.49. The van der Waals surface area contributed by atoms with Crippen LogP contribution in [0.15, 0.2) is 30.5 Å². The molecule has 19 heteroatoms. The monoisotopic (exact) mass is 1000 g/mol. The summed E-state index contributed by atoms with van der Waals surface area (Å²) in [6.07, 6.45) is -6.37. The number of nitrogens with zero attached hydrogens (tertiary/aromatic N) is 6. The number of hydrogen-bond acceptors (Lipinski definition) is 18. The van der Waals surface area contributed by atoms with Gasteiger partial charge in [0.05, 0.1) is 67.0 Å². The van der Waals surface area contributed by atoms with Crippen molar-refractivity contribution in [3.05, 3.63) is 41.7 Å². The summed E-state index contributed by atoms with van der Waals surface area (Å²) in [6.45, 7) is 22.4. The first-order valence-electron chi connectivity index (χ1n) is 26.0. The number of cyclic esters (lactones) is 1. The molecule has 0 bridgehead atoms. The Bertz CT molecular complexity index is 1970. The summed E-state index contributed by atoms with van der Waals surface area (Å²) in [7, 11) is 5.31. The van der Waals surface area contributed by atoms with E-state index >= 15 is 0 Å². The maximum atomic E-state index is 14.5. The maximum Gasteiger partial charge on any atom is 0.311 e. The van der Waals surface area contributed by atoms with Crippen molar-refractivity contribution in [1.29, 1.82) is 0 Å². The van der Waals surface area contributed by atoms with Gasteiger partial charge < -0.3 is 73.4 Å². The number of hydrogen-bond donors (Lipinski definition) is 5. The third-order valence-electron chi connectivity index (χ3n) is 16.1. The fourth-order valence-corrected chi connectivity index (χ4v) is 11.5. The number of aliphatic hydroxyl groups excluding tert-OH is 3. The van der Waals surface area contributed by atoms with Gasteiger partial charge in [-0.15, -0.1) is 5.10 Å². The van der Waals surface area contributed by atoms with Crippen LogP contribution >= 0.6 is 0 Å². The van der Waals surface area contributed by atoms with E-state index in [1.807, 2.05) is 50.6 Å². The van der Waals surface area contributed by atoms with E-state index in [1.54, 1.807) is 41.5 Å². The molecule has 4 aliphatic rings.